The van der Waals surface area contributed by atoms with Crippen molar-refractivity contribution >= 4 is 23.1 Å². The minimum absolute atomic E-state index is 0.000417. The number of carbonyl (C=O) groups excluding carboxylic acids is 1. The highest BCUT2D eigenvalue weighted by Gasteiger charge is 2.28. The minimum Gasteiger partial charge on any atom is -0.372 e. The Balaban J connectivity index is 2.02. The van der Waals surface area contributed by atoms with Gasteiger partial charge in [0.25, 0.3) is 5.56 Å². The van der Waals surface area contributed by atoms with Crippen molar-refractivity contribution in [3.05, 3.63) is 106 Å². The van der Waals surface area contributed by atoms with Crippen molar-refractivity contribution in [1.29, 1.82) is 0 Å². The van der Waals surface area contributed by atoms with E-state index >= 15 is 0 Å². The lowest BCUT2D eigenvalue weighted by atomic mass is 9.94. The van der Waals surface area contributed by atoms with Crippen molar-refractivity contribution in [3.63, 3.8) is 0 Å². The Hall–Kier alpha value is -3.87. The molecule has 1 aromatic heterocycles. The number of fused-ring (bicyclic) bond motifs is 1. The number of benzene rings is 1. The Morgan fingerprint density at radius 2 is 1.97 bits per heavy atom. The lowest BCUT2D eigenvalue weighted by molar-refractivity contribution is -0.110. The van der Waals surface area contributed by atoms with E-state index in [1.807, 2.05) is 31.2 Å². The van der Waals surface area contributed by atoms with Crippen LogP contribution in [0.1, 0.15) is 68.3 Å². The first-order valence-corrected chi connectivity index (χ1v) is 11.9. The van der Waals surface area contributed by atoms with Gasteiger partial charge in [0.1, 0.15) is 29.5 Å². The molecule has 36 heavy (non-hydrogen) atoms. The predicted molar refractivity (Wildman–Crippen MR) is 142 cm³/mol. The van der Waals surface area contributed by atoms with Crippen LogP contribution in [0.25, 0.3) is 11.1 Å². The molecule has 5 nitrogen and oxygen atoms in total. The van der Waals surface area contributed by atoms with Crippen LogP contribution in [-0.2, 0) is 11.2 Å². The molecule has 0 spiro atoms. The van der Waals surface area contributed by atoms with E-state index in [4.69, 9.17) is 0 Å². The van der Waals surface area contributed by atoms with E-state index < -0.39 is 17.4 Å². The fraction of sp³-hybridized carbons (Fsp3) is 0.276. The molecule has 0 bridgehead atoms. The highest BCUT2D eigenvalue weighted by molar-refractivity contribution is 5.77. The lowest BCUT2D eigenvalue weighted by Gasteiger charge is -2.28. The van der Waals surface area contributed by atoms with Gasteiger partial charge in [-0.1, -0.05) is 56.5 Å². The number of anilines is 1. The maximum atomic E-state index is 14.4. The first-order valence-electron chi connectivity index (χ1n) is 11.9. The van der Waals surface area contributed by atoms with E-state index in [2.05, 4.69) is 23.5 Å². The molecule has 1 aromatic carbocycles. The highest BCUT2D eigenvalue weighted by Crippen LogP contribution is 2.33. The molecule has 2 heterocycles. The van der Waals surface area contributed by atoms with E-state index in [0.717, 1.165) is 11.1 Å². The summed E-state index contributed by atoms with van der Waals surface area (Å²) in [6, 6.07) is 6.48. The second-order valence-corrected chi connectivity index (χ2v) is 8.55. The van der Waals surface area contributed by atoms with Gasteiger partial charge in [-0.25, -0.2) is 13.8 Å². The molecule has 0 amide bonds. The van der Waals surface area contributed by atoms with E-state index in [9.17, 15) is 18.4 Å². The fourth-order valence-corrected chi connectivity index (χ4v) is 4.34. The van der Waals surface area contributed by atoms with Crippen molar-refractivity contribution in [1.82, 2.24) is 9.55 Å². The van der Waals surface area contributed by atoms with Gasteiger partial charge in [0.15, 0.2) is 0 Å². The smallest absolute Gasteiger partial charge is 0.278 e. The quantitative estimate of drug-likeness (QED) is 0.309. The van der Waals surface area contributed by atoms with E-state index in [-0.39, 0.29) is 29.0 Å². The standard InChI is InChI=1S/C29H31F2N3O2/c1-6-9-23(19(5)30)28-33-26-16-15-25(32-27(26)29(36)34(28)18(4)17-35)21-13-11-20(12-14-21)22(8-3)24(31)10-7-2/h6,8-14,17-18,25,32H,1,5,7,15-16H2,2-4H3/b22-8-,23-9+,24-10+. The third kappa shape index (κ3) is 5.35. The molecule has 2 atom stereocenters. The summed E-state index contributed by atoms with van der Waals surface area (Å²) in [6.45, 7) is 12.2. The summed E-state index contributed by atoms with van der Waals surface area (Å²) in [5.41, 5.74) is 2.54. The average molecular weight is 492 g/mol. The fourth-order valence-electron chi connectivity index (χ4n) is 4.34. The minimum atomic E-state index is -0.871. The van der Waals surface area contributed by atoms with Crippen LogP contribution in [0.4, 0.5) is 14.5 Å². The zero-order valence-electron chi connectivity index (χ0n) is 20.9. The number of aryl methyl sites for hydroxylation is 1. The van der Waals surface area contributed by atoms with Crippen molar-refractivity contribution in [2.45, 2.75) is 52.1 Å². The van der Waals surface area contributed by atoms with Crippen LogP contribution in [0.15, 0.2) is 78.2 Å². The molecular formula is C29H31F2N3O2. The second-order valence-electron chi connectivity index (χ2n) is 8.55. The largest absolute Gasteiger partial charge is 0.372 e. The molecule has 0 radical (unpaired) electrons. The van der Waals surface area contributed by atoms with Gasteiger partial charge in [0, 0.05) is 5.57 Å². The number of nitrogens with one attached hydrogen (secondary N) is 1. The first kappa shape index (κ1) is 26.7. The summed E-state index contributed by atoms with van der Waals surface area (Å²) < 4.78 is 29.8. The molecule has 0 aliphatic carbocycles. The summed E-state index contributed by atoms with van der Waals surface area (Å²) in [6.07, 6.45) is 8.37. The molecule has 1 aliphatic rings. The van der Waals surface area contributed by atoms with Crippen LogP contribution < -0.4 is 10.9 Å². The molecule has 0 saturated carbocycles. The van der Waals surface area contributed by atoms with Crippen LogP contribution in [0.5, 0.6) is 0 Å². The molecule has 0 fully saturated rings. The Morgan fingerprint density at radius 3 is 2.53 bits per heavy atom. The van der Waals surface area contributed by atoms with Crippen LogP contribution in [0.2, 0.25) is 0 Å². The van der Waals surface area contributed by atoms with Gasteiger partial charge in [0.05, 0.1) is 23.4 Å². The maximum absolute atomic E-state index is 14.4. The molecule has 0 saturated heterocycles. The molecular weight excluding hydrogens is 460 g/mol. The Morgan fingerprint density at radius 1 is 1.28 bits per heavy atom. The van der Waals surface area contributed by atoms with Crippen LogP contribution >= 0.6 is 0 Å². The second kappa shape index (κ2) is 11.7. The lowest BCUT2D eigenvalue weighted by Crippen LogP contribution is -2.35. The van der Waals surface area contributed by atoms with Gasteiger partial charge < -0.3 is 10.1 Å². The van der Waals surface area contributed by atoms with E-state index in [0.29, 0.717) is 36.8 Å². The van der Waals surface area contributed by atoms with Crippen molar-refractivity contribution in [2.24, 2.45) is 0 Å². The SMILES string of the molecule is C=C/C=C(\C(=C)F)c1nc2c(c(=O)n1C(C)C=O)NC(c1ccc(C(=C/C)/C(F)=C\CC)cc1)CC2. The predicted octanol–water partition coefficient (Wildman–Crippen LogP) is 6.82. The number of aldehydes is 1. The maximum Gasteiger partial charge on any atom is 0.278 e. The average Bonchev–Trinajstić information content (AvgIpc) is 2.87. The number of hydrogen-bond acceptors (Lipinski definition) is 4. The summed E-state index contributed by atoms with van der Waals surface area (Å²) in [5, 5.41) is 3.27. The zero-order chi connectivity index (χ0) is 26.4. The number of allylic oxidation sites excluding steroid dienone is 8. The van der Waals surface area contributed by atoms with Gasteiger partial charge in [-0.15, -0.1) is 0 Å². The summed E-state index contributed by atoms with van der Waals surface area (Å²) in [4.78, 5) is 29.7. The summed E-state index contributed by atoms with van der Waals surface area (Å²) >= 11 is 0. The zero-order valence-corrected chi connectivity index (χ0v) is 20.9. The molecule has 3 rings (SSSR count). The molecule has 7 heteroatoms. The number of carbonyl (C=O) groups is 1. The number of rotatable bonds is 9. The Labute approximate surface area is 210 Å². The number of hydrogen-bond donors (Lipinski definition) is 1. The van der Waals surface area contributed by atoms with Crippen LogP contribution in [-0.4, -0.2) is 15.8 Å². The normalized spacial score (nSPS) is 17.1. The number of nitrogens with zero attached hydrogens (tertiary/aromatic N) is 2. The van der Waals surface area contributed by atoms with Crippen molar-refractivity contribution < 1.29 is 13.6 Å². The Kier molecular flexibility index (Phi) is 8.69. The van der Waals surface area contributed by atoms with Gasteiger partial charge in [-0.2, -0.15) is 0 Å². The van der Waals surface area contributed by atoms with Crippen LogP contribution in [0, 0.1) is 0 Å². The third-order valence-corrected chi connectivity index (χ3v) is 6.15. The molecule has 188 valence electrons. The van der Waals surface area contributed by atoms with Crippen LogP contribution in [0.3, 0.4) is 0 Å². The van der Waals surface area contributed by atoms with Crippen molar-refractivity contribution in [3.8, 4) is 0 Å². The topological polar surface area (TPSA) is 64.0 Å². The number of halogens is 2. The molecule has 2 aromatic rings. The highest BCUT2D eigenvalue weighted by atomic mass is 19.1. The van der Waals surface area contributed by atoms with Gasteiger partial charge in [-0.3, -0.25) is 9.36 Å². The first-order chi connectivity index (χ1) is 17.3. The van der Waals surface area contributed by atoms with Crippen molar-refractivity contribution in [2.75, 3.05) is 5.32 Å². The summed E-state index contributed by atoms with van der Waals surface area (Å²) in [7, 11) is 0. The van der Waals surface area contributed by atoms with Gasteiger partial charge in [0.2, 0.25) is 0 Å². The molecule has 1 aliphatic heterocycles. The summed E-state index contributed by atoms with van der Waals surface area (Å²) in [5.74, 6) is -0.998. The third-order valence-electron chi connectivity index (χ3n) is 6.15. The van der Waals surface area contributed by atoms with E-state index in [1.165, 1.54) is 16.7 Å². The Bertz CT molecular complexity index is 1320. The van der Waals surface area contributed by atoms with Gasteiger partial charge in [-0.05, 0) is 56.4 Å². The van der Waals surface area contributed by atoms with E-state index in [1.54, 1.807) is 26.0 Å². The van der Waals surface area contributed by atoms with Gasteiger partial charge >= 0.3 is 0 Å². The monoisotopic (exact) mass is 491 g/mol. The number of aromatic nitrogens is 2. The molecule has 1 N–H and O–H groups in total. The molecule has 2 unspecified atom stereocenters.